The molecule has 0 unspecified atom stereocenters. The average Bonchev–Trinajstić information content (AvgIpc) is 2.94. The van der Waals surface area contributed by atoms with Crippen LogP contribution in [-0.4, -0.2) is 23.5 Å². The number of esters is 1. The number of thiophene rings is 1. The van der Waals surface area contributed by atoms with Crippen molar-refractivity contribution in [2.45, 2.75) is 34.1 Å². The number of carbonyl (C=O) groups excluding carboxylic acids is 2. The van der Waals surface area contributed by atoms with E-state index in [-0.39, 0.29) is 18.9 Å². The first kappa shape index (κ1) is 16.2. The summed E-state index contributed by atoms with van der Waals surface area (Å²) >= 11 is 1.36. The molecule has 2 rings (SSSR count). The molecular weight excluding hydrogens is 304 g/mol. The van der Waals surface area contributed by atoms with Crippen LogP contribution in [0.2, 0.25) is 0 Å². The van der Waals surface area contributed by atoms with Crippen molar-refractivity contribution >= 4 is 28.2 Å². The number of nitrogens with zero attached hydrogens (tertiary/aromatic N) is 1. The number of anilines is 1. The molecule has 0 aromatic carbocycles. The maximum absolute atomic E-state index is 12.1. The van der Waals surface area contributed by atoms with Crippen molar-refractivity contribution in [3.8, 4) is 0 Å². The zero-order valence-corrected chi connectivity index (χ0v) is 13.8. The lowest BCUT2D eigenvalue weighted by molar-refractivity contribution is -0.115. The molecule has 2 heterocycles. The Labute approximate surface area is 132 Å². The van der Waals surface area contributed by atoms with Crippen molar-refractivity contribution in [1.82, 2.24) is 4.98 Å². The predicted octanol–water partition coefficient (Wildman–Crippen LogP) is 3.02. The molecule has 118 valence electrons. The molecule has 0 atom stereocenters. The second-order valence-electron chi connectivity index (χ2n) is 4.80. The van der Waals surface area contributed by atoms with Crippen LogP contribution in [0.3, 0.4) is 0 Å². The summed E-state index contributed by atoms with van der Waals surface area (Å²) in [6.07, 6.45) is 1.58. The number of rotatable bonds is 5. The minimum atomic E-state index is -0.424. The topological polar surface area (TPSA) is 81.4 Å². The molecule has 0 saturated heterocycles. The molecule has 1 amide bonds. The molecule has 0 bridgehead atoms. The molecule has 1 N–H and O–H groups in total. The first-order valence-electron chi connectivity index (χ1n) is 6.90. The van der Waals surface area contributed by atoms with Gasteiger partial charge in [0, 0.05) is 4.88 Å². The summed E-state index contributed by atoms with van der Waals surface area (Å²) in [6, 6.07) is 0. The summed E-state index contributed by atoms with van der Waals surface area (Å²) in [5.41, 5.74) is 1.24. The fourth-order valence-electron chi connectivity index (χ4n) is 1.96. The molecule has 0 radical (unpaired) electrons. The summed E-state index contributed by atoms with van der Waals surface area (Å²) in [5, 5.41) is 3.25. The number of hydrogen-bond donors (Lipinski definition) is 1. The molecule has 0 spiro atoms. The van der Waals surface area contributed by atoms with Crippen LogP contribution in [-0.2, 0) is 16.0 Å². The third-order valence-electron chi connectivity index (χ3n) is 3.10. The molecule has 6 nitrogen and oxygen atoms in total. The summed E-state index contributed by atoms with van der Waals surface area (Å²) in [6.45, 7) is 7.53. The third kappa shape index (κ3) is 3.54. The number of amides is 1. The number of aryl methyl sites for hydroxylation is 2. The molecule has 7 heteroatoms. The van der Waals surface area contributed by atoms with Gasteiger partial charge in [-0.05, 0) is 33.3 Å². The quantitative estimate of drug-likeness (QED) is 0.856. The Morgan fingerprint density at radius 2 is 2.09 bits per heavy atom. The van der Waals surface area contributed by atoms with Crippen LogP contribution in [0.4, 0.5) is 5.00 Å². The molecule has 0 aliphatic heterocycles. The number of ether oxygens (including phenoxy) is 1. The Hall–Kier alpha value is -2.15. The molecule has 0 aliphatic carbocycles. The van der Waals surface area contributed by atoms with Crippen LogP contribution in [0.25, 0.3) is 0 Å². The average molecular weight is 322 g/mol. The number of hydrogen-bond acceptors (Lipinski definition) is 6. The number of oxazole rings is 1. The molecular formula is C15H18N2O4S. The van der Waals surface area contributed by atoms with Crippen molar-refractivity contribution in [3.63, 3.8) is 0 Å². The lowest BCUT2D eigenvalue weighted by Crippen LogP contribution is -2.16. The van der Waals surface area contributed by atoms with Gasteiger partial charge in [-0.1, -0.05) is 0 Å². The van der Waals surface area contributed by atoms with Gasteiger partial charge in [-0.2, -0.15) is 0 Å². The number of nitrogens with one attached hydrogen (secondary N) is 1. The van der Waals surface area contributed by atoms with Crippen LogP contribution < -0.4 is 5.32 Å². The first-order valence-corrected chi connectivity index (χ1v) is 7.72. The Balaban J connectivity index is 2.16. The summed E-state index contributed by atoms with van der Waals surface area (Å²) < 4.78 is 10.3. The van der Waals surface area contributed by atoms with E-state index in [1.54, 1.807) is 20.0 Å². The van der Waals surface area contributed by atoms with E-state index in [4.69, 9.17) is 9.15 Å². The number of carbonyl (C=O) groups is 2. The SMILES string of the molecule is CCOC(=O)c1c(NC(=O)Cc2ncc(C)o2)sc(C)c1C. The zero-order valence-electron chi connectivity index (χ0n) is 13.0. The highest BCUT2D eigenvalue weighted by Gasteiger charge is 2.22. The Morgan fingerprint density at radius 3 is 2.68 bits per heavy atom. The van der Waals surface area contributed by atoms with Gasteiger partial charge in [-0.15, -0.1) is 11.3 Å². The Morgan fingerprint density at radius 1 is 1.36 bits per heavy atom. The second-order valence-corrected chi connectivity index (χ2v) is 6.02. The lowest BCUT2D eigenvalue weighted by atomic mass is 10.1. The second kappa shape index (κ2) is 6.74. The fraction of sp³-hybridized carbons (Fsp3) is 0.400. The van der Waals surface area contributed by atoms with Crippen LogP contribution in [0, 0.1) is 20.8 Å². The van der Waals surface area contributed by atoms with Gasteiger partial charge in [0.15, 0.2) is 0 Å². The normalized spacial score (nSPS) is 10.5. The minimum absolute atomic E-state index is 0.0199. The minimum Gasteiger partial charge on any atom is -0.462 e. The van der Waals surface area contributed by atoms with Crippen molar-refractivity contribution in [3.05, 3.63) is 33.9 Å². The van der Waals surface area contributed by atoms with Crippen LogP contribution in [0.5, 0.6) is 0 Å². The van der Waals surface area contributed by atoms with E-state index in [0.29, 0.717) is 22.2 Å². The summed E-state index contributed by atoms with van der Waals surface area (Å²) in [4.78, 5) is 29.1. The van der Waals surface area contributed by atoms with E-state index in [1.165, 1.54) is 11.3 Å². The fourth-order valence-corrected chi connectivity index (χ4v) is 3.02. The van der Waals surface area contributed by atoms with Crippen LogP contribution in [0.15, 0.2) is 10.6 Å². The van der Waals surface area contributed by atoms with Gasteiger partial charge in [0.2, 0.25) is 11.8 Å². The predicted molar refractivity (Wildman–Crippen MR) is 83.3 cm³/mol. The molecule has 0 saturated carbocycles. The smallest absolute Gasteiger partial charge is 0.341 e. The van der Waals surface area contributed by atoms with Gasteiger partial charge >= 0.3 is 5.97 Å². The summed E-state index contributed by atoms with van der Waals surface area (Å²) in [5.74, 6) is 0.288. The van der Waals surface area contributed by atoms with Gasteiger partial charge in [0.25, 0.3) is 0 Å². The van der Waals surface area contributed by atoms with E-state index in [0.717, 1.165) is 10.4 Å². The molecule has 0 aliphatic rings. The standard InChI is InChI=1S/C15H18N2O4S/c1-5-20-15(19)13-9(3)10(4)22-14(13)17-11(18)6-12-16-7-8(2)21-12/h7H,5-6H2,1-4H3,(H,17,18). The van der Waals surface area contributed by atoms with Crippen LogP contribution in [0.1, 0.15) is 39.4 Å². The Kier molecular flexibility index (Phi) is 4.97. The van der Waals surface area contributed by atoms with Crippen molar-refractivity contribution in [2.75, 3.05) is 11.9 Å². The summed E-state index contributed by atoms with van der Waals surface area (Å²) in [7, 11) is 0. The highest BCUT2D eigenvalue weighted by molar-refractivity contribution is 7.16. The van der Waals surface area contributed by atoms with Gasteiger partial charge in [0.1, 0.15) is 17.2 Å². The van der Waals surface area contributed by atoms with Gasteiger partial charge in [-0.25, -0.2) is 9.78 Å². The Bertz CT molecular complexity index is 702. The highest BCUT2D eigenvalue weighted by Crippen LogP contribution is 2.33. The maximum Gasteiger partial charge on any atom is 0.341 e. The monoisotopic (exact) mass is 322 g/mol. The first-order chi connectivity index (χ1) is 10.4. The van der Waals surface area contributed by atoms with E-state index >= 15 is 0 Å². The molecule has 2 aromatic rings. The van der Waals surface area contributed by atoms with Gasteiger partial charge in [0.05, 0.1) is 18.4 Å². The third-order valence-corrected chi connectivity index (χ3v) is 4.22. The molecule has 2 aromatic heterocycles. The van der Waals surface area contributed by atoms with E-state index in [2.05, 4.69) is 10.3 Å². The highest BCUT2D eigenvalue weighted by atomic mass is 32.1. The van der Waals surface area contributed by atoms with Crippen LogP contribution >= 0.6 is 11.3 Å². The number of aromatic nitrogens is 1. The maximum atomic E-state index is 12.1. The van der Waals surface area contributed by atoms with Gasteiger partial charge < -0.3 is 14.5 Å². The molecule has 0 fully saturated rings. The largest absolute Gasteiger partial charge is 0.462 e. The van der Waals surface area contributed by atoms with Crippen molar-refractivity contribution in [1.29, 1.82) is 0 Å². The molecule has 22 heavy (non-hydrogen) atoms. The van der Waals surface area contributed by atoms with Crippen molar-refractivity contribution < 1.29 is 18.7 Å². The van der Waals surface area contributed by atoms with Gasteiger partial charge in [-0.3, -0.25) is 4.79 Å². The van der Waals surface area contributed by atoms with E-state index in [9.17, 15) is 9.59 Å². The zero-order chi connectivity index (χ0) is 16.3. The van der Waals surface area contributed by atoms with E-state index in [1.807, 2.05) is 13.8 Å². The lowest BCUT2D eigenvalue weighted by Gasteiger charge is -2.06. The van der Waals surface area contributed by atoms with E-state index < -0.39 is 5.97 Å². The van der Waals surface area contributed by atoms with Crippen molar-refractivity contribution in [2.24, 2.45) is 0 Å².